The molecule has 0 unspecified atom stereocenters. The maximum atomic E-state index is 12.1. The summed E-state index contributed by atoms with van der Waals surface area (Å²) in [6.07, 6.45) is 1.83. The van der Waals surface area contributed by atoms with Crippen LogP contribution in [0.5, 0.6) is 5.75 Å². The molecule has 1 aliphatic heterocycles. The number of hydrogen-bond acceptors (Lipinski definition) is 3. The number of hydrogen-bond donors (Lipinski definition) is 1. The Balaban J connectivity index is 2.45. The molecule has 1 aliphatic rings. The third-order valence-corrected chi connectivity index (χ3v) is 3.62. The van der Waals surface area contributed by atoms with Gasteiger partial charge in [-0.25, -0.2) is 4.79 Å². The van der Waals surface area contributed by atoms with Gasteiger partial charge in [0.1, 0.15) is 11.4 Å². The van der Waals surface area contributed by atoms with Crippen LogP contribution in [-0.2, 0) is 0 Å². The second-order valence-electron chi connectivity index (χ2n) is 4.61. The van der Waals surface area contributed by atoms with E-state index in [4.69, 9.17) is 9.84 Å². The minimum atomic E-state index is -1.03. The molecule has 0 saturated carbocycles. The minimum absolute atomic E-state index is 0.0388. The summed E-state index contributed by atoms with van der Waals surface area (Å²) in [6, 6.07) is 4.45. The van der Waals surface area contributed by atoms with Gasteiger partial charge >= 0.3 is 5.97 Å². The van der Waals surface area contributed by atoms with Gasteiger partial charge in [0.15, 0.2) is 5.78 Å². The summed E-state index contributed by atoms with van der Waals surface area (Å²) >= 11 is 0. The number of fused-ring (bicyclic) bond motifs is 1. The summed E-state index contributed by atoms with van der Waals surface area (Å²) in [6.45, 7) is 3.99. The van der Waals surface area contributed by atoms with Crippen LogP contribution in [-0.4, -0.2) is 22.5 Å². The molecule has 1 aromatic rings. The smallest absolute Gasteiger partial charge is 0.335 e. The lowest BCUT2D eigenvalue weighted by atomic mass is 9.85. The maximum absolute atomic E-state index is 12.1. The fourth-order valence-corrected chi connectivity index (χ4v) is 2.27. The van der Waals surface area contributed by atoms with Crippen molar-refractivity contribution in [2.24, 2.45) is 0 Å². The first-order valence-corrected chi connectivity index (χ1v) is 6.11. The second-order valence-corrected chi connectivity index (χ2v) is 4.61. The molecule has 0 bridgehead atoms. The molecule has 0 aromatic heterocycles. The van der Waals surface area contributed by atoms with E-state index in [1.54, 1.807) is 6.07 Å². The fraction of sp³-hybridized carbons (Fsp3) is 0.429. The van der Waals surface area contributed by atoms with Gasteiger partial charge in [0.05, 0.1) is 17.5 Å². The zero-order valence-electron chi connectivity index (χ0n) is 10.5. The Labute approximate surface area is 106 Å². The first kappa shape index (κ1) is 12.6. The number of carboxylic acid groups (broad SMARTS) is 1. The highest BCUT2D eigenvalue weighted by atomic mass is 16.5. The monoisotopic (exact) mass is 248 g/mol. The number of ether oxygens (including phenoxy) is 1. The zero-order chi connectivity index (χ0) is 13.3. The third-order valence-electron chi connectivity index (χ3n) is 3.62. The van der Waals surface area contributed by atoms with Crippen molar-refractivity contribution in [2.45, 2.75) is 38.7 Å². The van der Waals surface area contributed by atoms with Gasteiger partial charge in [-0.05, 0) is 31.0 Å². The van der Waals surface area contributed by atoms with Crippen LogP contribution < -0.4 is 4.74 Å². The third kappa shape index (κ3) is 1.98. The molecule has 1 N–H and O–H groups in total. The molecule has 0 amide bonds. The Kier molecular flexibility index (Phi) is 3.11. The normalized spacial score (nSPS) is 16.9. The molecule has 1 aromatic carbocycles. The molecule has 0 aliphatic carbocycles. The second kappa shape index (κ2) is 4.44. The summed E-state index contributed by atoms with van der Waals surface area (Å²) in [5.41, 5.74) is 0.0630. The van der Waals surface area contributed by atoms with Crippen molar-refractivity contribution in [1.82, 2.24) is 0 Å². The van der Waals surface area contributed by atoms with Crippen LogP contribution in [0.15, 0.2) is 18.2 Å². The lowest BCUT2D eigenvalue weighted by molar-refractivity contribution is 0.0349. The Hall–Kier alpha value is -1.84. The van der Waals surface area contributed by atoms with Crippen LogP contribution in [0.1, 0.15) is 53.8 Å². The number of Topliss-reactive ketones (excluding diaryl/α,β-unsaturated/α-hetero) is 1. The molecule has 4 heteroatoms. The van der Waals surface area contributed by atoms with Gasteiger partial charge < -0.3 is 9.84 Å². The van der Waals surface area contributed by atoms with E-state index in [-0.39, 0.29) is 11.3 Å². The number of benzene rings is 1. The Morgan fingerprint density at radius 3 is 2.61 bits per heavy atom. The van der Waals surface area contributed by atoms with Gasteiger partial charge in [-0.2, -0.15) is 0 Å². The van der Waals surface area contributed by atoms with Crippen LogP contribution >= 0.6 is 0 Å². The predicted octanol–water partition coefficient (Wildman–Crippen LogP) is 2.91. The molecule has 0 spiro atoms. The van der Waals surface area contributed by atoms with E-state index in [1.165, 1.54) is 12.1 Å². The zero-order valence-corrected chi connectivity index (χ0v) is 10.5. The predicted molar refractivity (Wildman–Crippen MR) is 66.3 cm³/mol. The van der Waals surface area contributed by atoms with Crippen LogP contribution in [0.4, 0.5) is 0 Å². The van der Waals surface area contributed by atoms with E-state index >= 15 is 0 Å². The SMILES string of the molecule is CCC1(CC)CC(=O)c2cc(C(=O)O)ccc2O1. The molecule has 0 fully saturated rings. The number of carbonyl (C=O) groups is 2. The van der Waals surface area contributed by atoms with Crippen LogP contribution in [0.3, 0.4) is 0 Å². The molecule has 0 saturated heterocycles. The molecular weight excluding hydrogens is 232 g/mol. The highest BCUT2D eigenvalue weighted by Crippen LogP contribution is 2.37. The van der Waals surface area contributed by atoms with Gasteiger partial charge in [-0.3, -0.25) is 4.79 Å². The van der Waals surface area contributed by atoms with Gasteiger partial charge in [-0.15, -0.1) is 0 Å². The van der Waals surface area contributed by atoms with Crippen molar-refractivity contribution in [3.05, 3.63) is 29.3 Å². The van der Waals surface area contributed by atoms with Gasteiger partial charge in [0.25, 0.3) is 0 Å². The van der Waals surface area contributed by atoms with Crippen molar-refractivity contribution in [1.29, 1.82) is 0 Å². The van der Waals surface area contributed by atoms with Crippen molar-refractivity contribution in [3.8, 4) is 5.75 Å². The number of carbonyl (C=O) groups excluding carboxylic acids is 1. The Bertz CT molecular complexity index is 501. The van der Waals surface area contributed by atoms with E-state index < -0.39 is 11.6 Å². The van der Waals surface area contributed by atoms with Crippen molar-refractivity contribution in [2.75, 3.05) is 0 Å². The lowest BCUT2D eigenvalue weighted by Gasteiger charge is -2.36. The minimum Gasteiger partial charge on any atom is -0.486 e. The van der Waals surface area contributed by atoms with E-state index in [0.717, 1.165) is 12.8 Å². The Morgan fingerprint density at radius 2 is 2.06 bits per heavy atom. The molecule has 18 heavy (non-hydrogen) atoms. The van der Waals surface area contributed by atoms with E-state index in [0.29, 0.717) is 17.7 Å². The first-order valence-electron chi connectivity index (χ1n) is 6.11. The fourth-order valence-electron chi connectivity index (χ4n) is 2.27. The van der Waals surface area contributed by atoms with Crippen LogP contribution in [0.25, 0.3) is 0 Å². The summed E-state index contributed by atoms with van der Waals surface area (Å²) in [5, 5.41) is 8.92. The van der Waals surface area contributed by atoms with Crippen LogP contribution in [0, 0.1) is 0 Å². The standard InChI is InChI=1S/C14H16O4/c1-3-14(4-2)8-11(15)10-7-9(13(16)17)5-6-12(10)18-14/h5-7H,3-4,8H2,1-2H3,(H,16,17). The summed E-state index contributed by atoms with van der Waals surface area (Å²) in [5.74, 6) is -0.573. The molecule has 96 valence electrons. The first-order chi connectivity index (χ1) is 8.51. The molecular formula is C14H16O4. The summed E-state index contributed by atoms with van der Waals surface area (Å²) in [4.78, 5) is 23.0. The topological polar surface area (TPSA) is 63.6 Å². The molecule has 1 heterocycles. The highest BCUT2D eigenvalue weighted by molar-refractivity contribution is 6.02. The van der Waals surface area contributed by atoms with E-state index in [1.807, 2.05) is 13.8 Å². The quantitative estimate of drug-likeness (QED) is 0.893. The number of aromatic carboxylic acids is 1. The summed E-state index contributed by atoms with van der Waals surface area (Å²) < 4.78 is 5.91. The molecule has 0 atom stereocenters. The van der Waals surface area contributed by atoms with Crippen molar-refractivity contribution >= 4 is 11.8 Å². The highest BCUT2D eigenvalue weighted by Gasteiger charge is 2.37. The molecule has 0 radical (unpaired) electrons. The van der Waals surface area contributed by atoms with Crippen molar-refractivity contribution in [3.63, 3.8) is 0 Å². The van der Waals surface area contributed by atoms with E-state index in [2.05, 4.69) is 0 Å². The average molecular weight is 248 g/mol. The van der Waals surface area contributed by atoms with Gasteiger partial charge in [0.2, 0.25) is 0 Å². The van der Waals surface area contributed by atoms with Gasteiger partial charge in [0, 0.05) is 0 Å². The van der Waals surface area contributed by atoms with Crippen molar-refractivity contribution < 1.29 is 19.4 Å². The number of carboxylic acids is 1. The number of ketones is 1. The Morgan fingerprint density at radius 1 is 1.39 bits per heavy atom. The van der Waals surface area contributed by atoms with Gasteiger partial charge in [-0.1, -0.05) is 13.8 Å². The molecule has 4 nitrogen and oxygen atoms in total. The summed E-state index contributed by atoms with van der Waals surface area (Å²) in [7, 11) is 0. The lowest BCUT2D eigenvalue weighted by Crippen LogP contribution is -2.40. The van der Waals surface area contributed by atoms with Crippen LogP contribution in [0.2, 0.25) is 0 Å². The van der Waals surface area contributed by atoms with E-state index in [9.17, 15) is 9.59 Å². The average Bonchev–Trinajstić information content (AvgIpc) is 2.38. The molecule has 2 rings (SSSR count). The number of rotatable bonds is 3. The largest absolute Gasteiger partial charge is 0.486 e. The maximum Gasteiger partial charge on any atom is 0.335 e.